The first-order valence-corrected chi connectivity index (χ1v) is 9.92. The molecule has 1 atom stereocenters. The number of anilines is 1. The fourth-order valence-corrected chi connectivity index (χ4v) is 3.98. The third-order valence-electron chi connectivity index (χ3n) is 4.36. The maximum Gasteiger partial charge on any atom is 0.233 e. The van der Waals surface area contributed by atoms with Gasteiger partial charge in [-0.1, -0.05) is 18.7 Å². The van der Waals surface area contributed by atoms with Crippen LogP contribution in [0.2, 0.25) is 0 Å². The van der Waals surface area contributed by atoms with Crippen molar-refractivity contribution in [2.75, 3.05) is 24.2 Å². The molecule has 0 aromatic carbocycles. The minimum absolute atomic E-state index is 0.112. The lowest BCUT2D eigenvalue weighted by Crippen LogP contribution is -2.40. The Bertz CT molecular complexity index is 819. The van der Waals surface area contributed by atoms with Crippen LogP contribution in [0.25, 0.3) is 11.5 Å². The number of amides is 2. The molecular formula is C16H23N7O3S. The van der Waals surface area contributed by atoms with Crippen molar-refractivity contribution in [2.45, 2.75) is 45.3 Å². The van der Waals surface area contributed by atoms with Crippen LogP contribution in [0.4, 0.5) is 5.82 Å². The molecule has 3 heterocycles. The summed E-state index contributed by atoms with van der Waals surface area (Å²) in [5.41, 5.74) is 0.308. The molecule has 0 unspecified atom stereocenters. The van der Waals surface area contributed by atoms with Crippen LogP contribution in [0, 0.1) is 5.92 Å². The Morgan fingerprint density at radius 1 is 1.33 bits per heavy atom. The molecule has 2 aromatic rings. The third-order valence-corrected chi connectivity index (χ3v) is 5.31. The molecule has 27 heavy (non-hydrogen) atoms. The van der Waals surface area contributed by atoms with Gasteiger partial charge in [0.15, 0.2) is 16.7 Å². The van der Waals surface area contributed by atoms with E-state index in [0.29, 0.717) is 34.9 Å². The summed E-state index contributed by atoms with van der Waals surface area (Å²) in [6, 6.07) is 0. The van der Waals surface area contributed by atoms with Gasteiger partial charge in [0.05, 0.1) is 5.75 Å². The van der Waals surface area contributed by atoms with E-state index in [0.717, 1.165) is 19.5 Å². The summed E-state index contributed by atoms with van der Waals surface area (Å²) in [7, 11) is 0. The Labute approximate surface area is 161 Å². The second-order valence-electron chi connectivity index (χ2n) is 6.57. The number of piperidine rings is 1. The fraction of sp³-hybridized carbons (Fsp3) is 0.625. The zero-order valence-corrected chi connectivity index (χ0v) is 16.5. The number of thioether (sulfide) groups is 1. The van der Waals surface area contributed by atoms with Crippen molar-refractivity contribution in [1.82, 2.24) is 30.0 Å². The summed E-state index contributed by atoms with van der Waals surface area (Å²) in [6.07, 6.45) is 2.23. The highest BCUT2D eigenvalue weighted by Gasteiger charge is 2.24. The van der Waals surface area contributed by atoms with E-state index in [1.807, 2.05) is 16.4 Å². The molecule has 1 aliphatic heterocycles. The van der Waals surface area contributed by atoms with Gasteiger partial charge in [-0.2, -0.15) is 0 Å². The van der Waals surface area contributed by atoms with E-state index in [-0.39, 0.29) is 17.6 Å². The average Bonchev–Trinajstić information content (AvgIpc) is 3.24. The van der Waals surface area contributed by atoms with E-state index < -0.39 is 0 Å². The first kappa shape index (κ1) is 19.3. The van der Waals surface area contributed by atoms with Crippen LogP contribution in [-0.2, 0) is 16.1 Å². The van der Waals surface area contributed by atoms with Crippen molar-refractivity contribution in [1.29, 1.82) is 0 Å². The summed E-state index contributed by atoms with van der Waals surface area (Å²) in [5, 5.41) is 19.0. The van der Waals surface area contributed by atoms with Crippen molar-refractivity contribution >= 4 is 29.4 Å². The van der Waals surface area contributed by atoms with E-state index in [4.69, 9.17) is 4.63 Å². The fourth-order valence-electron chi connectivity index (χ4n) is 3.07. The second kappa shape index (κ2) is 8.51. The molecule has 3 rings (SSSR count). The minimum atomic E-state index is -0.287. The van der Waals surface area contributed by atoms with Crippen LogP contribution < -0.4 is 5.32 Å². The van der Waals surface area contributed by atoms with Gasteiger partial charge in [-0.3, -0.25) is 9.59 Å². The highest BCUT2D eigenvalue weighted by molar-refractivity contribution is 7.99. The van der Waals surface area contributed by atoms with E-state index in [1.54, 1.807) is 0 Å². The van der Waals surface area contributed by atoms with Gasteiger partial charge < -0.3 is 14.8 Å². The van der Waals surface area contributed by atoms with Gasteiger partial charge >= 0.3 is 0 Å². The summed E-state index contributed by atoms with van der Waals surface area (Å²) < 4.78 is 6.55. The SMILES string of the molecule is CCn1c(SCC(=O)N2CCC[C@H](C)C2)nnc1-c1nonc1NC(C)=O. The quantitative estimate of drug-likeness (QED) is 0.736. The maximum absolute atomic E-state index is 12.5. The molecule has 1 N–H and O–H groups in total. The molecule has 0 saturated carbocycles. The Hall–Kier alpha value is -2.43. The number of hydrogen-bond donors (Lipinski definition) is 1. The standard InChI is InChI=1S/C16H23N7O3S/c1-4-23-15(13-14(17-11(3)24)21-26-20-13)18-19-16(23)27-9-12(25)22-7-5-6-10(2)8-22/h10H,4-9H2,1-3H3,(H,17,21,24)/t10-/m0/s1. The molecule has 2 amide bonds. The summed E-state index contributed by atoms with van der Waals surface area (Å²) in [4.78, 5) is 25.7. The molecule has 146 valence electrons. The van der Waals surface area contributed by atoms with Gasteiger partial charge in [-0.05, 0) is 36.0 Å². The van der Waals surface area contributed by atoms with Gasteiger partial charge in [0.2, 0.25) is 17.6 Å². The van der Waals surface area contributed by atoms with Crippen molar-refractivity contribution in [3.05, 3.63) is 0 Å². The summed E-state index contributed by atoms with van der Waals surface area (Å²) in [5.74, 6) is 1.31. The largest absolute Gasteiger partial charge is 0.342 e. The average molecular weight is 393 g/mol. The van der Waals surface area contributed by atoms with Gasteiger partial charge in [-0.15, -0.1) is 10.2 Å². The molecule has 1 aliphatic rings. The summed E-state index contributed by atoms with van der Waals surface area (Å²) >= 11 is 1.34. The molecule has 0 aliphatic carbocycles. The lowest BCUT2D eigenvalue weighted by Gasteiger charge is -2.30. The third kappa shape index (κ3) is 4.46. The number of likely N-dealkylation sites (tertiary alicyclic amines) is 1. The number of hydrogen-bond acceptors (Lipinski definition) is 8. The predicted molar refractivity (Wildman–Crippen MR) is 99.0 cm³/mol. The van der Waals surface area contributed by atoms with Crippen LogP contribution in [0.3, 0.4) is 0 Å². The van der Waals surface area contributed by atoms with E-state index in [1.165, 1.54) is 25.1 Å². The number of nitrogens with one attached hydrogen (secondary N) is 1. The molecule has 11 heteroatoms. The highest BCUT2D eigenvalue weighted by Crippen LogP contribution is 2.27. The number of rotatable bonds is 6. The van der Waals surface area contributed by atoms with E-state index in [2.05, 4.69) is 32.8 Å². The molecule has 1 fully saturated rings. The minimum Gasteiger partial charge on any atom is -0.342 e. The molecule has 10 nitrogen and oxygen atoms in total. The highest BCUT2D eigenvalue weighted by atomic mass is 32.2. The van der Waals surface area contributed by atoms with Crippen molar-refractivity contribution in [3.63, 3.8) is 0 Å². The van der Waals surface area contributed by atoms with Crippen LogP contribution in [0.5, 0.6) is 0 Å². The van der Waals surface area contributed by atoms with Gasteiger partial charge in [0.1, 0.15) is 0 Å². The molecule has 0 bridgehead atoms. The molecule has 1 saturated heterocycles. The molecule has 0 spiro atoms. The number of carbonyl (C=O) groups excluding carboxylic acids is 2. The first-order valence-electron chi connectivity index (χ1n) is 8.93. The predicted octanol–water partition coefficient (Wildman–Crippen LogP) is 1.66. The van der Waals surface area contributed by atoms with Crippen LogP contribution in [-0.4, -0.2) is 60.6 Å². The van der Waals surface area contributed by atoms with E-state index in [9.17, 15) is 9.59 Å². The first-order chi connectivity index (χ1) is 13.0. The van der Waals surface area contributed by atoms with Crippen molar-refractivity contribution < 1.29 is 14.2 Å². The van der Waals surface area contributed by atoms with E-state index >= 15 is 0 Å². The van der Waals surface area contributed by atoms with Crippen LogP contribution >= 0.6 is 11.8 Å². The Balaban J connectivity index is 1.72. The van der Waals surface area contributed by atoms with Gasteiger partial charge in [0, 0.05) is 26.6 Å². The summed E-state index contributed by atoms with van der Waals surface area (Å²) in [6.45, 7) is 7.70. The zero-order valence-electron chi connectivity index (χ0n) is 15.6. The van der Waals surface area contributed by atoms with Crippen LogP contribution in [0.15, 0.2) is 9.79 Å². The number of carbonyl (C=O) groups is 2. The second-order valence-corrected chi connectivity index (χ2v) is 7.51. The molecule has 0 radical (unpaired) electrons. The smallest absolute Gasteiger partial charge is 0.233 e. The van der Waals surface area contributed by atoms with Gasteiger partial charge in [0.25, 0.3) is 0 Å². The number of aromatic nitrogens is 5. The Morgan fingerprint density at radius 3 is 2.85 bits per heavy atom. The Kier molecular flexibility index (Phi) is 6.09. The van der Waals surface area contributed by atoms with Crippen molar-refractivity contribution in [2.24, 2.45) is 5.92 Å². The van der Waals surface area contributed by atoms with Crippen molar-refractivity contribution in [3.8, 4) is 11.5 Å². The van der Waals surface area contributed by atoms with Crippen LogP contribution in [0.1, 0.15) is 33.6 Å². The van der Waals surface area contributed by atoms with Gasteiger partial charge in [-0.25, -0.2) is 4.63 Å². The zero-order chi connectivity index (χ0) is 19.4. The monoisotopic (exact) mass is 393 g/mol. The Morgan fingerprint density at radius 2 is 2.15 bits per heavy atom. The molecule has 2 aromatic heterocycles. The maximum atomic E-state index is 12.5. The normalized spacial score (nSPS) is 17.1. The topological polar surface area (TPSA) is 119 Å². The molecular weight excluding hydrogens is 370 g/mol. The number of nitrogens with zero attached hydrogens (tertiary/aromatic N) is 6. The lowest BCUT2D eigenvalue weighted by atomic mass is 10.0. The lowest BCUT2D eigenvalue weighted by molar-refractivity contribution is -0.130.